The van der Waals surface area contributed by atoms with Crippen molar-refractivity contribution in [2.24, 2.45) is 4.99 Å². The van der Waals surface area contributed by atoms with Crippen LogP contribution in [0.1, 0.15) is 23.5 Å². The van der Waals surface area contributed by atoms with Gasteiger partial charge in [0.15, 0.2) is 10.8 Å². The Labute approximate surface area is 226 Å². The van der Waals surface area contributed by atoms with Gasteiger partial charge in [-0.1, -0.05) is 17.7 Å². The molecule has 2 atom stereocenters. The highest BCUT2D eigenvalue weighted by Gasteiger charge is 2.36. The molecule has 2 aliphatic heterocycles. The van der Waals surface area contributed by atoms with Crippen molar-refractivity contribution < 1.29 is 28.6 Å². The number of hydrogen-bond acceptors (Lipinski definition) is 10. The molecule has 1 aromatic heterocycles. The largest absolute Gasteiger partial charge is 0.481 e. The van der Waals surface area contributed by atoms with E-state index in [2.05, 4.69) is 15.2 Å². The fraction of sp³-hybridized carbons (Fsp3) is 0.417. The van der Waals surface area contributed by atoms with Crippen molar-refractivity contribution in [1.29, 1.82) is 0 Å². The van der Waals surface area contributed by atoms with Crippen molar-refractivity contribution in [3.8, 4) is 0 Å². The molecular weight excluding hydrogens is 543 g/mol. The van der Waals surface area contributed by atoms with E-state index in [1.54, 1.807) is 13.1 Å². The SMILES string of the molecule is CCOC(=O)C1=C(CN2CCOCC2CSCC(=O)O)NC(c2nccs2)=NC1c1ccc(F)cc1Cl. The Balaban J connectivity index is 1.74. The minimum Gasteiger partial charge on any atom is -0.481 e. The Bertz CT molecular complexity index is 1190. The topological polar surface area (TPSA) is 113 Å². The van der Waals surface area contributed by atoms with Gasteiger partial charge in [-0.3, -0.25) is 14.7 Å². The first-order chi connectivity index (χ1) is 17.9. The molecule has 2 aromatic rings. The number of aliphatic carboxylic acids is 1. The molecule has 4 rings (SSSR count). The number of thiazole rings is 1. The Hall–Kier alpha value is -2.51. The summed E-state index contributed by atoms with van der Waals surface area (Å²) in [7, 11) is 0. The van der Waals surface area contributed by atoms with Gasteiger partial charge in [0.05, 0.1) is 31.1 Å². The highest BCUT2D eigenvalue weighted by atomic mass is 35.5. The zero-order chi connectivity index (χ0) is 26.4. The molecule has 9 nitrogen and oxygen atoms in total. The Kier molecular flexibility index (Phi) is 9.54. The number of aliphatic imine (C=N–C) groups is 1. The molecule has 3 heterocycles. The van der Waals surface area contributed by atoms with Crippen LogP contribution in [-0.4, -0.2) is 83.2 Å². The summed E-state index contributed by atoms with van der Waals surface area (Å²) >= 11 is 9.13. The lowest BCUT2D eigenvalue weighted by Gasteiger charge is -2.37. The van der Waals surface area contributed by atoms with Gasteiger partial charge in [0, 0.05) is 52.7 Å². The normalized spacial score (nSPS) is 20.4. The summed E-state index contributed by atoms with van der Waals surface area (Å²) in [5.74, 6) is -0.919. The quantitative estimate of drug-likeness (QED) is 0.416. The van der Waals surface area contributed by atoms with E-state index in [1.807, 2.05) is 5.38 Å². The van der Waals surface area contributed by atoms with E-state index >= 15 is 0 Å². The minimum atomic E-state index is -0.877. The Morgan fingerprint density at radius 2 is 2.27 bits per heavy atom. The summed E-state index contributed by atoms with van der Waals surface area (Å²) in [5.41, 5.74) is 1.31. The van der Waals surface area contributed by atoms with Gasteiger partial charge in [-0.2, -0.15) is 0 Å². The first-order valence-electron chi connectivity index (χ1n) is 11.6. The number of hydrogen-bond donors (Lipinski definition) is 2. The number of ether oxygens (including phenoxy) is 2. The number of carbonyl (C=O) groups is 2. The van der Waals surface area contributed by atoms with Gasteiger partial charge in [0.2, 0.25) is 0 Å². The van der Waals surface area contributed by atoms with Gasteiger partial charge in [0.25, 0.3) is 0 Å². The summed E-state index contributed by atoms with van der Waals surface area (Å²) in [6.45, 7) is 3.74. The van der Waals surface area contributed by atoms with E-state index in [1.165, 1.54) is 41.3 Å². The van der Waals surface area contributed by atoms with E-state index in [-0.39, 0.29) is 29.0 Å². The average molecular weight is 569 g/mol. The van der Waals surface area contributed by atoms with Gasteiger partial charge in [-0.25, -0.2) is 14.2 Å². The lowest BCUT2D eigenvalue weighted by Crippen LogP contribution is -2.50. The first-order valence-corrected chi connectivity index (χ1v) is 14.0. The monoisotopic (exact) mass is 568 g/mol. The van der Waals surface area contributed by atoms with Crippen LogP contribution in [0.2, 0.25) is 5.02 Å². The zero-order valence-corrected chi connectivity index (χ0v) is 22.4. The summed E-state index contributed by atoms with van der Waals surface area (Å²) in [4.78, 5) is 35.6. The maximum Gasteiger partial charge on any atom is 0.338 e. The second-order valence-corrected chi connectivity index (χ2v) is 10.6. The van der Waals surface area contributed by atoms with Crippen molar-refractivity contribution in [2.75, 3.05) is 44.4 Å². The van der Waals surface area contributed by atoms with E-state index in [9.17, 15) is 14.0 Å². The maximum atomic E-state index is 13.9. The number of amidine groups is 1. The molecule has 1 fully saturated rings. The van der Waals surface area contributed by atoms with E-state index < -0.39 is 23.8 Å². The highest BCUT2D eigenvalue weighted by Crippen LogP contribution is 2.37. The van der Waals surface area contributed by atoms with Gasteiger partial charge in [0.1, 0.15) is 11.9 Å². The predicted octanol–water partition coefficient (Wildman–Crippen LogP) is 3.36. The lowest BCUT2D eigenvalue weighted by molar-refractivity contribution is -0.139. The molecule has 198 valence electrons. The van der Waals surface area contributed by atoms with E-state index in [4.69, 9.17) is 31.2 Å². The number of benzene rings is 1. The molecule has 0 spiro atoms. The third-order valence-corrected chi connectivity index (χ3v) is 7.94. The van der Waals surface area contributed by atoms with Crippen molar-refractivity contribution >= 4 is 52.5 Å². The first kappa shape index (κ1) is 27.5. The number of carboxylic acids is 1. The van der Waals surface area contributed by atoms with Crippen LogP contribution >= 0.6 is 34.7 Å². The molecule has 2 unspecified atom stereocenters. The molecule has 0 amide bonds. The average Bonchev–Trinajstić information content (AvgIpc) is 3.40. The zero-order valence-electron chi connectivity index (χ0n) is 20.0. The molecule has 1 saturated heterocycles. The van der Waals surface area contributed by atoms with Crippen molar-refractivity contribution in [2.45, 2.75) is 19.0 Å². The maximum absolute atomic E-state index is 13.9. The third kappa shape index (κ3) is 6.88. The van der Waals surface area contributed by atoms with Gasteiger partial charge in [-0.05, 0) is 19.1 Å². The van der Waals surface area contributed by atoms with Crippen LogP contribution in [0.3, 0.4) is 0 Å². The predicted molar refractivity (Wildman–Crippen MR) is 141 cm³/mol. The molecule has 0 aliphatic carbocycles. The summed E-state index contributed by atoms with van der Waals surface area (Å²) in [5, 5.41) is 14.9. The molecule has 37 heavy (non-hydrogen) atoms. The number of aromatic nitrogens is 1. The van der Waals surface area contributed by atoms with Crippen LogP contribution < -0.4 is 5.32 Å². The van der Waals surface area contributed by atoms with Crippen LogP contribution in [0.15, 0.2) is 46.0 Å². The fourth-order valence-electron chi connectivity index (χ4n) is 4.10. The second kappa shape index (κ2) is 12.8. The number of nitrogens with zero attached hydrogens (tertiary/aromatic N) is 3. The Morgan fingerprint density at radius 3 is 2.97 bits per heavy atom. The Morgan fingerprint density at radius 1 is 1.43 bits per heavy atom. The number of rotatable bonds is 10. The van der Waals surface area contributed by atoms with Crippen LogP contribution in [0.25, 0.3) is 0 Å². The van der Waals surface area contributed by atoms with Crippen molar-refractivity contribution in [3.05, 3.63) is 62.5 Å². The second-order valence-electron chi connectivity index (χ2n) is 8.23. The third-order valence-electron chi connectivity index (χ3n) is 5.76. The number of carboxylic acid groups (broad SMARTS) is 1. The summed E-state index contributed by atoms with van der Waals surface area (Å²) in [6.07, 6.45) is 1.66. The lowest BCUT2D eigenvalue weighted by atomic mass is 9.95. The van der Waals surface area contributed by atoms with Gasteiger partial charge < -0.3 is 19.9 Å². The number of thioether (sulfide) groups is 1. The summed E-state index contributed by atoms with van der Waals surface area (Å²) in [6, 6.07) is 3.08. The van der Waals surface area contributed by atoms with Gasteiger partial charge >= 0.3 is 11.9 Å². The minimum absolute atomic E-state index is 0.00858. The number of halogens is 2. The van der Waals surface area contributed by atoms with Crippen molar-refractivity contribution in [3.63, 3.8) is 0 Å². The molecule has 0 bridgehead atoms. The van der Waals surface area contributed by atoms with Crippen LogP contribution in [-0.2, 0) is 19.1 Å². The molecule has 0 radical (unpaired) electrons. The highest BCUT2D eigenvalue weighted by molar-refractivity contribution is 7.99. The van der Waals surface area contributed by atoms with E-state index in [0.29, 0.717) is 54.2 Å². The molecule has 2 aliphatic rings. The van der Waals surface area contributed by atoms with Crippen molar-refractivity contribution in [1.82, 2.24) is 15.2 Å². The molecule has 2 N–H and O–H groups in total. The number of carbonyl (C=O) groups excluding carboxylic acids is 1. The molecule has 13 heteroatoms. The molecular formula is C24H26ClFN4O5S2. The van der Waals surface area contributed by atoms with Crippen LogP contribution in [0.5, 0.6) is 0 Å². The summed E-state index contributed by atoms with van der Waals surface area (Å²) < 4.78 is 24.9. The van der Waals surface area contributed by atoms with E-state index in [0.717, 1.165) is 0 Å². The number of esters is 1. The van der Waals surface area contributed by atoms with Gasteiger partial charge in [-0.15, -0.1) is 23.1 Å². The molecule has 0 saturated carbocycles. The number of morpholine rings is 1. The smallest absolute Gasteiger partial charge is 0.338 e. The fourth-order valence-corrected chi connectivity index (χ4v) is 5.83. The van der Waals surface area contributed by atoms with Crippen LogP contribution in [0.4, 0.5) is 4.39 Å². The molecule has 1 aromatic carbocycles. The number of nitrogens with one attached hydrogen (secondary N) is 1. The van der Waals surface area contributed by atoms with Crippen LogP contribution in [0, 0.1) is 5.82 Å². The standard InChI is InChI=1S/C24H26ClFN4O5S2/c1-2-35-24(33)20-18(10-30-6-7-34-11-15(30)12-36-13-19(31)32)28-22(23-27-5-8-37-23)29-21(20)16-4-3-14(26)9-17(16)25/h3-5,8-9,15,21H,2,6-7,10-13H2,1H3,(H,28,29)(H,31,32).